The minimum Gasteiger partial charge on any atom is -0.340 e. The van der Waals surface area contributed by atoms with Gasteiger partial charge in [-0.05, 0) is 18.1 Å². The Morgan fingerprint density at radius 3 is 2.12 bits per heavy atom. The van der Waals surface area contributed by atoms with Crippen molar-refractivity contribution in [3.8, 4) is 0 Å². The molecule has 3 nitrogen and oxygen atoms in total. The first-order chi connectivity index (χ1) is 11.2. The Morgan fingerprint density at radius 1 is 1.08 bits per heavy atom. The Bertz CT molecular complexity index is 593. The molecule has 4 heteroatoms. The highest BCUT2D eigenvalue weighted by Crippen LogP contribution is 2.28. The Balaban J connectivity index is 0.00000208. The minimum atomic E-state index is 0. The summed E-state index contributed by atoms with van der Waals surface area (Å²) < 4.78 is 0. The molecule has 128 valence electrons. The maximum Gasteiger partial charge on any atom is 0.223 e. The summed E-state index contributed by atoms with van der Waals surface area (Å²) in [5, 5.41) is 3.39. The molecule has 1 amide bonds. The van der Waals surface area contributed by atoms with Crippen molar-refractivity contribution in [2.45, 2.75) is 25.3 Å². The smallest absolute Gasteiger partial charge is 0.223 e. The van der Waals surface area contributed by atoms with Gasteiger partial charge < -0.3 is 10.2 Å². The van der Waals surface area contributed by atoms with Crippen LogP contribution in [0.15, 0.2) is 60.7 Å². The predicted octanol–water partition coefficient (Wildman–Crippen LogP) is 3.45. The van der Waals surface area contributed by atoms with Crippen LogP contribution < -0.4 is 5.32 Å². The molecule has 0 bridgehead atoms. The van der Waals surface area contributed by atoms with Crippen molar-refractivity contribution in [1.29, 1.82) is 0 Å². The molecule has 3 rings (SSSR count). The molecule has 0 aromatic heterocycles. The molecule has 1 N–H and O–H groups in total. The second-order valence-electron chi connectivity index (χ2n) is 6.27. The van der Waals surface area contributed by atoms with Gasteiger partial charge in [0.25, 0.3) is 0 Å². The van der Waals surface area contributed by atoms with Crippen molar-refractivity contribution in [2.75, 3.05) is 19.6 Å². The fraction of sp³-hybridized carbons (Fsp3) is 0.350. The summed E-state index contributed by atoms with van der Waals surface area (Å²) in [6, 6.07) is 21.1. The van der Waals surface area contributed by atoms with Crippen molar-refractivity contribution in [1.82, 2.24) is 10.2 Å². The van der Waals surface area contributed by atoms with Crippen LogP contribution in [0, 0.1) is 0 Å². The van der Waals surface area contributed by atoms with Crippen LogP contribution in [-0.4, -0.2) is 36.5 Å². The Kier molecular flexibility index (Phi) is 6.83. The molecular weight excluding hydrogens is 320 g/mol. The maximum atomic E-state index is 12.8. The van der Waals surface area contributed by atoms with Gasteiger partial charge in [-0.1, -0.05) is 60.7 Å². The molecule has 1 saturated heterocycles. The third-order valence-corrected chi connectivity index (χ3v) is 4.50. The number of benzene rings is 2. The van der Waals surface area contributed by atoms with Crippen LogP contribution in [0.4, 0.5) is 0 Å². The van der Waals surface area contributed by atoms with Gasteiger partial charge in [-0.15, -0.1) is 12.4 Å². The summed E-state index contributed by atoms with van der Waals surface area (Å²) in [6.45, 7) is 4.62. The summed E-state index contributed by atoms with van der Waals surface area (Å²) in [5.41, 5.74) is 2.41. The fourth-order valence-corrected chi connectivity index (χ4v) is 3.26. The normalized spacial score (nSPS) is 17.4. The van der Waals surface area contributed by atoms with E-state index in [0.29, 0.717) is 12.5 Å². The lowest BCUT2D eigenvalue weighted by Gasteiger charge is -2.33. The number of nitrogens with one attached hydrogen (secondary N) is 1. The van der Waals surface area contributed by atoms with Gasteiger partial charge in [0.2, 0.25) is 5.91 Å². The highest BCUT2D eigenvalue weighted by atomic mass is 35.5. The molecule has 1 heterocycles. The number of amides is 1. The van der Waals surface area contributed by atoms with Crippen LogP contribution in [0.1, 0.15) is 30.4 Å². The molecule has 0 spiro atoms. The largest absolute Gasteiger partial charge is 0.340 e. The average molecular weight is 345 g/mol. The van der Waals surface area contributed by atoms with Gasteiger partial charge in [-0.3, -0.25) is 4.79 Å². The Hall–Kier alpha value is -1.84. The summed E-state index contributed by atoms with van der Waals surface area (Å²) in [7, 11) is 0. The van der Waals surface area contributed by atoms with E-state index < -0.39 is 0 Å². The molecule has 2 aromatic carbocycles. The first kappa shape index (κ1) is 18.5. The number of hydrogen-bond acceptors (Lipinski definition) is 2. The third-order valence-electron chi connectivity index (χ3n) is 4.50. The first-order valence-electron chi connectivity index (χ1n) is 8.35. The van der Waals surface area contributed by atoms with Crippen molar-refractivity contribution in [2.24, 2.45) is 0 Å². The summed E-state index contributed by atoms with van der Waals surface area (Å²) in [6.07, 6.45) is 0.529. The fourth-order valence-electron chi connectivity index (χ4n) is 3.26. The van der Waals surface area contributed by atoms with Crippen LogP contribution >= 0.6 is 12.4 Å². The van der Waals surface area contributed by atoms with Crippen LogP contribution in [0.2, 0.25) is 0 Å². The molecule has 1 unspecified atom stereocenters. The SMILES string of the molecule is CC1CN(C(=O)CC(c2ccccc2)c2ccccc2)CCN1.Cl. The Morgan fingerprint density at radius 2 is 1.62 bits per heavy atom. The number of carbonyl (C=O) groups is 1. The summed E-state index contributed by atoms with van der Waals surface area (Å²) >= 11 is 0. The number of halogens is 1. The summed E-state index contributed by atoms with van der Waals surface area (Å²) in [4.78, 5) is 14.8. The predicted molar refractivity (Wildman–Crippen MR) is 101 cm³/mol. The van der Waals surface area contributed by atoms with Crippen LogP contribution in [0.25, 0.3) is 0 Å². The van der Waals surface area contributed by atoms with E-state index in [0.717, 1.165) is 19.6 Å². The third kappa shape index (κ3) is 4.59. The van der Waals surface area contributed by atoms with Gasteiger partial charge in [-0.25, -0.2) is 0 Å². The van der Waals surface area contributed by atoms with E-state index in [2.05, 4.69) is 36.5 Å². The molecule has 2 aromatic rings. The van der Waals surface area contributed by atoms with Gasteiger partial charge in [0.05, 0.1) is 0 Å². The van der Waals surface area contributed by atoms with E-state index in [1.54, 1.807) is 0 Å². The number of hydrogen-bond donors (Lipinski definition) is 1. The van der Waals surface area contributed by atoms with Gasteiger partial charge in [0, 0.05) is 38.0 Å². The van der Waals surface area contributed by atoms with Crippen LogP contribution in [-0.2, 0) is 4.79 Å². The number of rotatable bonds is 4. The van der Waals surface area contributed by atoms with E-state index in [1.807, 2.05) is 41.3 Å². The molecule has 1 aliphatic heterocycles. The van der Waals surface area contributed by atoms with E-state index in [4.69, 9.17) is 0 Å². The van der Waals surface area contributed by atoms with E-state index in [-0.39, 0.29) is 24.2 Å². The van der Waals surface area contributed by atoms with Crippen molar-refractivity contribution in [3.05, 3.63) is 71.8 Å². The molecular formula is C20H25ClN2O. The lowest BCUT2D eigenvalue weighted by molar-refractivity contribution is -0.132. The monoisotopic (exact) mass is 344 g/mol. The second kappa shape index (κ2) is 8.86. The van der Waals surface area contributed by atoms with Crippen molar-refractivity contribution < 1.29 is 4.79 Å². The van der Waals surface area contributed by atoms with Gasteiger partial charge in [0.1, 0.15) is 0 Å². The zero-order valence-electron chi connectivity index (χ0n) is 14.0. The van der Waals surface area contributed by atoms with E-state index in [9.17, 15) is 4.79 Å². The minimum absolute atomic E-state index is 0. The van der Waals surface area contributed by atoms with Gasteiger partial charge in [-0.2, -0.15) is 0 Å². The highest BCUT2D eigenvalue weighted by Gasteiger charge is 2.24. The molecule has 24 heavy (non-hydrogen) atoms. The number of piperazine rings is 1. The van der Waals surface area contributed by atoms with Gasteiger partial charge >= 0.3 is 0 Å². The maximum absolute atomic E-state index is 12.8. The highest BCUT2D eigenvalue weighted by molar-refractivity contribution is 5.85. The molecule has 1 atom stereocenters. The lowest BCUT2D eigenvalue weighted by Crippen LogP contribution is -2.51. The molecule has 1 fully saturated rings. The average Bonchev–Trinajstić information content (AvgIpc) is 2.61. The number of nitrogens with zero attached hydrogens (tertiary/aromatic N) is 1. The Labute approximate surface area is 150 Å². The zero-order valence-corrected chi connectivity index (χ0v) is 14.8. The quantitative estimate of drug-likeness (QED) is 0.921. The van der Waals surface area contributed by atoms with Crippen LogP contribution in [0.5, 0.6) is 0 Å². The van der Waals surface area contributed by atoms with E-state index >= 15 is 0 Å². The van der Waals surface area contributed by atoms with Crippen molar-refractivity contribution >= 4 is 18.3 Å². The number of carbonyl (C=O) groups excluding carboxylic acids is 1. The standard InChI is InChI=1S/C20H24N2O.ClH/c1-16-15-22(13-12-21-16)20(23)14-19(17-8-4-2-5-9-17)18-10-6-3-7-11-18;/h2-11,16,19,21H,12-15H2,1H3;1H. The topological polar surface area (TPSA) is 32.3 Å². The summed E-state index contributed by atoms with van der Waals surface area (Å²) in [5.74, 6) is 0.367. The van der Waals surface area contributed by atoms with Crippen LogP contribution in [0.3, 0.4) is 0 Å². The van der Waals surface area contributed by atoms with E-state index in [1.165, 1.54) is 11.1 Å². The first-order valence-corrected chi connectivity index (χ1v) is 8.35. The molecule has 0 radical (unpaired) electrons. The lowest BCUT2D eigenvalue weighted by atomic mass is 9.88. The molecule has 0 aliphatic carbocycles. The molecule has 1 aliphatic rings. The van der Waals surface area contributed by atoms with Crippen molar-refractivity contribution in [3.63, 3.8) is 0 Å². The molecule has 0 saturated carbocycles. The zero-order chi connectivity index (χ0) is 16.1. The second-order valence-corrected chi connectivity index (χ2v) is 6.27. The van der Waals surface area contributed by atoms with Gasteiger partial charge in [0.15, 0.2) is 0 Å².